The molecule has 2 saturated carbocycles. The van der Waals surface area contributed by atoms with Gasteiger partial charge in [0.15, 0.2) is 0 Å². The Balaban J connectivity index is 1.70. The molecule has 94 valence electrons. The molecule has 0 aromatic heterocycles. The van der Waals surface area contributed by atoms with E-state index in [1.165, 1.54) is 38.5 Å². The lowest BCUT2D eigenvalue weighted by molar-refractivity contribution is -0.105. The second kappa shape index (κ2) is 5.27. The Morgan fingerprint density at radius 2 is 2.00 bits per heavy atom. The van der Waals surface area contributed by atoms with Crippen LogP contribution in [0.1, 0.15) is 58.8 Å². The highest BCUT2D eigenvalue weighted by molar-refractivity contribution is 6.21. The minimum absolute atomic E-state index is 0.374. The van der Waals surface area contributed by atoms with Crippen molar-refractivity contribution in [3.8, 4) is 0 Å². The maximum atomic E-state index is 6.39. The molecule has 0 saturated heterocycles. The first-order valence-electron chi connectivity index (χ1n) is 6.91. The molecular formula is C14H25ClO. The van der Waals surface area contributed by atoms with E-state index in [2.05, 4.69) is 13.8 Å². The predicted octanol–water partition coefficient (Wildman–Crippen LogP) is 4.38. The molecular weight excluding hydrogens is 220 g/mol. The molecule has 2 rings (SSSR count). The summed E-state index contributed by atoms with van der Waals surface area (Å²) in [6, 6.07) is 0. The molecule has 2 aliphatic rings. The van der Waals surface area contributed by atoms with Gasteiger partial charge in [-0.25, -0.2) is 0 Å². The third kappa shape index (κ3) is 2.41. The van der Waals surface area contributed by atoms with Gasteiger partial charge in [0.25, 0.3) is 0 Å². The van der Waals surface area contributed by atoms with Gasteiger partial charge in [-0.3, -0.25) is 0 Å². The summed E-state index contributed by atoms with van der Waals surface area (Å²) < 4.78 is 6.05. The average molecular weight is 245 g/mol. The van der Waals surface area contributed by atoms with E-state index in [4.69, 9.17) is 16.3 Å². The first kappa shape index (κ1) is 12.7. The number of ether oxygens (including phenoxy) is 1. The summed E-state index contributed by atoms with van der Waals surface area (Å²) in [6.07, 6.45) is 9.37. The van der Waals surface area contributed by atoms with Crippen LogP contribution in [0.5, 0.6) is 0 Å². The number of hydrogen-bond acceptors (Lipinski definition) is 1. The number of rotatable bonds is 5. The van der Waals surface area contributed by atoms with Gasteiger partial charge < -0.3 is 4.74 Å². The zero-order chi connectivity index (χ0) is 11.6. The smallest absolute Gasteiger partial charge is 0.0659 e. The standard InChI is InChI=1S/C14H25ClO/c1-11(2)6-5-9-16-13-10-12(15)14(13)7-3-4-8-14/h11-13H,3-10H2,1-2H3. The van der Waals surface area contributed by atoms with Crippen molar-refractivity contribution in [1.82, 2.24) is 0 Å². The van der Waals surface area contributed by atoms with Crippen LogP contribution in [-0.4, -0.2) is 18.1 Å². The summed E-state index contributed by atoms with van der Waals surface area (Å²) in [5.74, 6) is 0.797. The van der Waals surface area contributed by atoms with Gasteiger partial charge in [-0.2, -0.15) is 0 Å². The van der Waals surface area contributed by atoms with E-state index in [9.17, 15) is 0 Å². The Hall–Kier alpha value is 0.250. The quantitative estimate of drug-likeness (QED) is 0.515. The normalized spacial score (nSPS) is 32.2. The highest BCUT2D eigenvalue weighted by Crippen LogP contribution is 2.57. The van der Waals surface area contributed by atoms with E-state index in [-0.39, 0.29) is 0 Å². The summed E-state index contributed by atoms with van der Waals surface area (Å²) in [6.45, 7) is 5.49. The molecule has 0 aliphatic heterocycles. The Kier molecular flexibility index (Phi) is 4.18. The fourth-order valence-electron chi connectivity index (χ4n) is 3.32. The minimum Gasteiger partial charge on any atom is -0.378 e. The molecule has 1 nitrogen and oxygen atoms in total. The van der Waals surface area contributed by atoms with Crippen molar-refractivity contribution >= 4 is 11.6 Å². The summed E-state index contributed by atoms with van der Waals surface area (Å²) >= 11 is 6.39. The van der Waals surface area contributed by atoms with Crippen LogP contribution in [0.2, 0.25) is 0 Å². The molecule has 0 N–H and O–H groups in total. The van der Waals surface area contributed by atoms with Crippen LogP contribution >= 0.6 is 11.6 Å². The van der Waals surface area contributed by atoms with Crippen molar-refractivity contribution in [1.29, 1.82) is 0 Å². The van der Waals surface area contributed by atoms with Crippen LogP contribution < -0.4 is 0 Å². The minimum atomic E-state index is 0.374. The van der Waals surface area contributed by atoms with Gasteiger partial charge in [-0.05, 0) is 38.0 Å². The van der Waals surface area contributed by atoms with Crippen molar-refractivity contribution in [3.63, 3.8) is 0 Å². The SMILES string of the molecule is CC(C)CCCOC1CC(Cl)C12CCCC2. The first-order chi connectivity index (χ1) is 7.65. The second-order valence-electron chi connectivity index (χ2n) is 6.04. The third-order valence-electron chi connectivity index (χ3n) is 4.47. The van der Waals surface area contributed by atoms with E-state index in [1.54, 1.807) is 0 Å². The molecule has 0 aromatic carbocycles. The number of halogens is 1. The van der Waals surface area contributed by atoms with Crippen molar-refractivity contribution in [2.24, 2.45) is 11.3 Å². The molecule has 2 heteroatoms. The van der Waals surface area contributed by atoms with Crippen LogP contribution in [0.3, 0.4) is 0 Å². The molecule has 2 fully saturated rings. The Bertz CT molecular complexity index is 221. The number of alkyl halides is 1. The molecule has 2 unspecified atom stereocenters. The van der Waals surface area contributed by atoms with Gasteiger partial charge >= 0.3 is 0 Å². The lowest BCUT2D eigenvalue weighted by atomic mass is 9.64. The van der Waals surface area contributed by atoms with Crippen LogP contribution in [-0.2, 0) is 4.74 Å². The predicted molar refractivity (Wildman–Crippen MR) is 69.0 cm³/mol. The second-order valence-corrected chi connectivity index (χ2v) is 6.57. The number of hydrogen-bond donors (Lipinski definition) is 0. The van der Waals surface area contributed by atoms with Crippen LogP contribution in [0.15, 0.2) is 0 Å². The topological polar surface area (TPSA) is 9.23 Å². The van der Waals surface area contributed by atoms with Gasteiger partial charge in [0.2, 0.25) is 0 Å². The summed E-state index contributed by atoms with van der Waals surface area (Å²) in [5.41, 5.74) is 0.374. The van der Waals surface area contributed by atoms with E-state index >= 15 is 0 Å². The van der Waals surface area contributed by atoms with Crippen molar-refractivity contribution < 1.29 is 4.74 Å². The van der Waals surface area contributed by atoms with Gasteiger partial charge in [0, 0.05) is 17.4 Å². The van der Waals surface area contributed by atoms with E-state index in [1.807, 2.05) is 0 Å². The zero-order valence-corrected chi connectivity index (χ0v) is 11.4. The molecule has 0 heterocycles. The molecule has 0 bridgehead atoms. The Morgan fingerprint density at radius 1 is 1.31 bits per heavy atom. The molecule has 0 amide bonds. The lowest BCUT2D eigenvalue weighted by Crippen LogP contribution is -2.54. The highest BCUT2D eigenvalue weighted by atomic mass is 35.5. The Labute approximate surface area is 105 Å². The van der Waals surface area contributed by atoms with Gasteiger partial charge in [0.1, 0.15) is 0 Å². The third-order valence-corrected chi connectivity index (χ3v) is 5.08. The molecule has 0 aromatic rings. The van der Waals surface area contributed by atoms with Crippen LogP contribution in [0.25, 0.3) is 0 Å². The van der Waals surface area contributed by atoms with Crippen molar-refractivity contribution in [3.05, 3.63) is 0 Å². The fourth-order valence-corrected chi connectivity index (χ4v) is 3.84. The van der Waals surface area contributed by atoms with E-state index < -0.39 is 0 Å². The zero-order valence-electron chi connectivity index (χ0n) is 10.7. The highest BCUT2D eigenvalue weighted by Gasteiger charge is 2.55. The maximum Gasteiger partial charge on any atom is 0.0659 e. The van der Waals surface area contributed by atoms with E-state index in [0.717, 1.165) is 18.9 Å². The molecule has 0 radical (unpaired) electrons. The Morgan fingerprint density at radius 3 is 2.56 bits per heavy atom. The average Bonchev–Trinajstić information content (AvgIpc) is 2.73. The van der Waals surface area contributed by atoms with Gasteiger partial charge in [-0.1, -0.05) is 26.7 Å². The lowest BCUT2D eigenvalue weighted by Gasteiger charge is -2.51. The van der Waals surface area contributed by atoms with Crippen LogP contribution in [0, 0.1) is 11.3 Å². The largest absolute Gasteiger partial charge is 0.378 e. The van der Waals surface area contributed by atoms with Crippen molar-refractivity contribution in [2.75, 3.05) is 6.61 Å². The van der Waals surface area contributed by atoms with Gasteiger partial charge in [0.05, 0.1) is 6.10 Å². The van der Waals surface area contributed by atoms with Crippen LogP contribution in [0.4, 0.5) is 0 Å². The molecule has 1 spiro atoms. The first-order valence-corrected chi connectivity index (χ1v) is 7.34. The molecule has 2 atom stereocenters. The van der Waals surface area contributed by atoms with Crippen molar-refractivity contribution in [2.45, 2.75) is 70.3 Å². The summed E-state index contributed by atoms with van der Waals surface area (Å²) in [5, 5.41) is 0.394. The molecule has 16 heavy (non-hydrogen) atoms. The van der Waals surface area contributed by atoms with Gasteiger partial charge in [-0.15, -0.1) is 11.6 Å². The summed E-state index contributed by atoms with van der Waals surface area (Å²) in [7, 11) is 0. The fraction of sp³-hybridized carbons (Fsp3) is 1.00. The monoisotopic (exact) mass is 244 g/mol. The maximum absolute atomic E-state index is 6.39. The summed E-state index contributed by atoms with van der Waals surface area (Å²) in [4.78, 5) is 0. The molecule has 2 aliphatic carbocycles. The van der Waals surface area contributed by atoms with E-state index in [0.29, 0.717) is 16.9 Å².